The van der Waals surface area contributed by atoms with Gasteiger partial charge in [0, 0.05) is 0 Å². The zero-order valence-electron chi connectivity index (χ0n) is 6.56. The maximum atomic E-state index is 10.9. The Bertz CT molecular complexity index is 173. The van der Waals surface area contributed by atoms with Crippen molar-refractivity contribution in [3.05, 3.63) is 0 Å². The Morgan fingerprint density at radius 1 is 1.27 bits per heavy atom. The summed E-state index contributed by atoms with van der Waals surface area (Å²) < 4.78 is 0. The van der Waals surface area contributed by atoms with E-state index in [1.54, 1.807) is 0 Å². The average Bonchev–Trinajstić information content (AvgIpc) is 2.34. The molecule has 1 N–H and O–H groups in total. The maximum absolute atomic E-state index is 10.9. The van der Waals surface area contributed by atoms with E-state index in [1.807, 2.05) is 0 Å². The summed E-state index contributed by atoms with van der Waals surface area (Å²) in [5.74, 6) is 0.0481. The highest BCUT2D eigenvalue weighted by molar-refractivity contribution is 5.77. The molecule has 0 aromatic carbocycles. The largest absolute Gasteiger partial charge is 0.273 e. The molecule has 1 aliphatic heterocycles. The third-order valence-corrected chi connectivity index (χ3v) is 2.63. The topological polar surface area (TPSA) is 38.3 Å². The molecule has 2 rings (SSSR count). The van der Waals surface area contributed by atoms with Crippen LogP contribution in [-0.2, 0) is 9.63 Å². The Morgan fingerprint density at radius 3 is 2.55 bits per heavy atom. The van der Waals surface area contributed by atoms with Crippen LogP contribution in [0.2, 0.25) is 0 Å². The molecule has 1 spiro atoms. The van der Waals surface area contributed by atoms with Crippen molar-refractivity contribution < 1.29 is 9.63 Å². The van der Waals surface area contributed by atoms with Gasteiger partial charge in [-0.15, -0.1) is 0 Å². The standard InChI is InChI=1S/C8H13NO2/c10-7-6-8(11-9-7)4-2-1-3-5-8/h1-6H2,(H,9,10). The van der Waals surface area contributed by atoms with Crippen LogP contribution >= 0.6 is 0 Å². The Kier molecular flexibility index (Phi) is 1.60. The lowest BCUT2D eigenvalue weighted by molar-refractivity contribution is -0.127. The van der Waals surface area contributed by atoms with Crippen molar-refractivity contribution in [3.63, 3.8) is 0 Å². The fourth-order valence-electron chi connectivity index (χ4n) is 2.00. The third-order valence-electron chi connectivity index (χ3n) is 2.63. The van der Waals surface area contributed by atoms with Crippen molar-refractivity contribution in [2.75, 3.05) is 0 Å². The average molecular weight is 155 g/mol. The number of hydroxylamine groups is 1. The lowest BCUT2D eigenvalue weighted by Crippen LogP contribution is -2.31. The summed E-state index contributed by atoms with van der Waals surface area (Å²) in [5.41, 5.74) is 2.33. The predicted octanol–water partition coefficient (Wildman–Crippen LogP) is 1.14. The van der Waals surface area contributed by atoms with Crippen LogP contribution < -0.4 is 5.48 Å². The number of carbonyl (C=O) groups excluding carboxylic acids is 1. The highest BCUT2D eigenvalue weighted by atomic mass is 16.7. The first kappa shape index (κ1) is 7.10. The Morgan fingerprint density at radius 2 is 2.00 bits per heavy atom. The second kappa shape index (κ2) is 2.48. The fraction of sp³-hybridized carbons (Fsp3) is 0.875. The van der Waals surface area contributed by atoms with E-state index >= 15 is 0 Å². The molecular formula is C8H13NO2. The van der Waals surface area contributed by atoms with Crippen LogP contribution in [0.1, 0.15) is 38.5 Å². The first-order valence-electron chi connectivity index (χ1n) is 4.28. The third kappa shape index (κ3) is 1.25. The van der Waals surface area contributed by atoms with Crippen LogP contribution in [0.4, 0.5) is 0 Å². The number of hydrogen-bond acceptors (Lipinski definition) is 2. The first-order chi connectivity index (χ1) is 5.31. The lowest BCUT2D eigenvalue weighted by Gasteiger charge is -2.29. The Balaban J connectivity index is 2.03. The van der Waals surface area contributed by atoms with Crippen molar-refractivity contribution in [1.29, 1.82) is 0 Å². The van der Waals surface area contributed by atoms with E-state index in [-0.39, 0.29) is 11.5 Å². The summed E-state index contributed by atoms with van der Waals surface area (Å²) >= 11 is 0. The van der Waals surface area contributed by atoms with E-state index in [9.17, 15) is 4.79 Å². The normalized spacial score (nSPS) is 28.9. The molecule has 0 radical (unpaired) electrons. The van der Waals surface area contributed by atoms with Gasteiger partial charge >= 0.3 is 0 Å². The van der Waals surface area contributed by atoms with Crippen LogP contribution in [0, 0.1) is 0 Å². The van der Waals surface area contributed by atoms with E-state index in [4.69, 9.17) is 4.84 Å². The molecule has 0 bridgehead atoms. The van der Waals surface area contributed by atoms with Gasteiger partial charge in [-0.1, -0.05) is 19.3 Å². The van der Waals surface area contributed by atoms with Gasteiger partial charge in [-0.2, -0.15) is 0 Å². The van der Waals surface area contributed by atoms with Crippen LogP contribution in [0.15, 0.2) is 0 Å². The van der Waals surface area contributed by atoms with Gasteiger partial charge in [-0.05, 0) is 12.8 Å². The number of hydrogen-bond donors (Lipinski definition) is 1. The van der Waals surface area contributed by atoms with Gasteiger partial charge in [0.2, 0.25) is 5.91 Å². The van der Waals surface area contributed by atoms with Crippen molar-refractivity contribution in [2.45, 2.75) is 44.1 Å². The number of rotatable bonds is 0. The summed E-state index contributed by atoms with van der Waals surface area (Å²) in [4.78, 5) is 16.2. The predicted molar refractivity (Wildman–Crippen MR) is 39.7 cm³/mol. The summed E-state index contributed by atoms with van der Waals surface area (Å²) in [5, 5.41) is 0. The van der Waals surface area contributed by atoms with E-state index in [0.29, 0.717) is 6.42 Å². The Labute approximate surface area is 66.1 Å². The van der Waals surface area contributed by atoms with Crippen LogP contribution in [0.25, 0.3) is 0 Å². The van der Waals surface area contributed by atoms with Crippen molar-refractivity contribution in [1.82, 2.24) is 5.48 Å². The highest BCUT2D eigenvalue weighted by Gasteiger charge is 2.40. The number of carbonyl (C=O) groups is 1. The molecule has 0 unspecified atom stereocenters. The van der Waals surface area contributed by atoms with Gasteiger partial charge < -0.3 is 0 Å². The van der Waals surface area contributed by atoms with E-state index in [2.05, 4.69) is 5.48 Å². The van der Waals surface area contributed by atoms with E-state index in [0.717, 1.165) is 12.8 Å². The molecule has 11 heavy (non-hydrogen) atoms. The van der Waals surface area contributed by atoms with Crippen LogP contribution in [-0.4, -0.2) is 11.5 Å². The zero-order valence-corrected chi connectivity index (χ0v) is 6.56. The molecule has 1 amide bonds. The number of amides is 1. The monoisotopic (exact) mass is 155 g/mol. The zero-order chi connectivity index (χ0) is 7.73. The van der Waals surface area contributed by atoms with Crippen LogP contribution in [0.3, 0.4) is 0 Å². The van der Waals surface area contributed by atoms with Crippen molar-refractivity contribution in [3.8, 4) is 0 Å². The molecule has 1 heterocycles. The smallest absolute Gasteiger partial charge is 0.246 e. The number of nitrogens with one attached hydrogen (secondary N) is 1. The second-order valence-electron chi connectivity index (χ2n) is 3.55. The molecule has 1 saturated heterocycles. The lowest BCUT2D eigenvalue weighted by atomic mass is 9.83. The molecular weight excluding hydrogens is 142 g/mol. The molecule has 3 heteroatoms. The van der Waals surface area contributed by atoms with Crippen LogP contribution in [0.5, 0.6) is 0 Å². The van der Waals surface area contributed by atoms with Gasteiger partial charge in [0.15, 0.2) is 0 Å². The van der Waals surface area contributed by atoms with Gasteiger partial charge in [-0.3, -0.25) is 9.63 Å². The molecule has 1 aliphatic carbocycles. The van der Waals surface area contributed by atoms with Gasteiger partial charge in [0.25, 0.3) is 0 Å². The minimum Gasteiger partial charge on any atom is -0.273 e. The summed E-state index contributed by atoms with van der Waals surface area (Å²) in [6.07, 6.45) is 6.37. The highest BCUT2D eigenvalue weighted by Crippen LogP contribution is 2.36. The van der Waals surface area contributed by atoms with E-state index < -0.39 is 0 Å². The first-order valence-corrected chi connectivity index (χ1v) is 4.28. The Hall–Kier alpha value is -0.570. The fourth-order valence-corrected chi connectivity index (χ4v) is 2.00. The minimum atomic E-state index is -0.116. The van der Waals surface area contributed by atoms with Gasteiger partial charge in [0.05, 0.1) is 6.42 Å². The molecule has 62 valence electrons. The maximum Gasteiger partial charge on any atom is 0.246 e. The molecule has 0 atom stereocenters. The molecule has 2 fully saturated rings. The second-order valence-corrected chi connectivity index (χ2v) is 3.55. The van der Waals surface area contributed by atoms with Gasteiger partial charge in [0.1, 0.15) is 5.60 Å². The molecule has 2 aliphatic rings. The molecule has 0 aromatic heterocycles. The summed E-state index contributed by atoms with van der Waals surface area (Å²) in [6, 6.07) is 0. The minimum absolute atomic E-state index is 0.0481. The molecule has 1 saturated carbocycles. The van der Waals surface area contributed by atoms with E-state index in [1.165, 1.54) is 19.3 Å². The van der Waals surface area contributed by atoms with Crippen molar-refractivity contribution in [2.24, 2.45) is 0 Å². The summed E-state index contributed by atoms with van der Waals surface area (Å²) in [6.45, 7) is 0. The quantitative estimate of drug-likeness (QED) is 0.569. The molecule has 0 aromatic rings. The molecule has 3 nitrogen and oxygen atoms in total. The van der Waals surface area contributed by atoms with Gasteiger partial charge in [-0.25, -0.2) is 5.48 Å². The summed E-state index contributed by atoms with van der Waals surface area (Å²) in [7, 11) is 0. The SMILES string of the molecule is O=C1CC2(CCCCC2)ON1. The van der Waals surface area contributed by atoms with Crippen molar-refractivity contribution >= 4 is 5.91 Å².